The average molecular weight is 404 g/mol. The highest BCUT2D eigenvalue weighted by Gasteiger charge is 2.00. The van der Waals surface area contributed by atoms with Gasteiger partial charge in [0.05, 0.1) is 24.8 Å². The molecule has 0 aliphatic carbocycles. The minimum atomic E-state index is -0.383. The smallest absolute Gasteiger partial charge is 0.345 e. The SMILES string of the molecule is Cc1cccc(Oc2cnc(=O)[nH]c2)c1.Cc1ccccc1Oc1cnc(=O)[nH]c1. The molecule has 0 saturated heterocycles. The topological polar surface area (TPSA) is 110 Å². The predicted molar refractivity (Wildman–Crippen MR) is 112 cm³/mol. The molecule has 4 aromatic rings. The highest BCUT2D eigenvalue weighted by molar-refractivity contribution is 5.35. The van der Waals surface area contributed by atoms with Crippen molar-refractivity contribution in [2.24, 2.45) is 0 Å². The minimum absolute atomic E-state index is 0.382. The lowest BCUT2D eigenvalue weighted by atomic mass is 10.2. The summed E-state index contributed by atoms with van der Waals surface area (Å²) in [7, 11) is 0. The van der Waals surface area contributed by atoms with Gasteiger partial charge in [0, 0.05) is 0 Å². The van der Waals surface area contributed by atoms with Crippen molar-refractivity contribution in [3.63, 3.8) is 0 Å². The molecule has 0 amide bonds. The lowest BCUT2D eigenvalue weighted by Gasteiger charge is -2.06. The van der Waals surface area contributed by atoms with Crippen LogP contribution in [0, 0.1) is 13.8 Å². The number of hydrogen-bond donors (Lipinski definition) is 2. The van der Waals surface area contributed by atoms with E-state index in [1.54, 1.807) is 0 Å². The number of hydrogen-bond acceptors (Lipinski definition) is 6. The van der Waals surface area contributed by atoms with Gasteiger partial charge in [0.1, 0.15) is 11.5 Å². The Bertz CT molecular complexity index is 1190. The van der Waals surface area contributed by atoms with Crippen LogP contribution < -0.4 is 20.9 Å². The fraction of sp³-hybridized carbons (Fsp3) is 0.0909. The second kappa shape index (κ2) is 9.83. The summed E-state index contributed by atoms with van der Waals surface area (Å²) in [6, 6.07) is 15.3. The number of nitrogens with one attached hydrogen (secondary N) is 2. The minimum Gasteiger partial charge on any atom is -0.454 e. The van der Waals surface area contributed by atoms with Crippen LogP contribution in [0.3, 0.4) is 0 Å². The maximum absolute atomic E-state index is 10.7. The van der Waals surface area contributed by atoms with Crippen molar-refractivity contribution in [3.05, 3.63) is 105 Å². The zero-order valence-corrected chi connectivity index (χ0v) is 16.5. The van der Waals surface area contributed by atoms with Gasteiger partial charge in [0.25, 0.3) is 0 Å². The lowest BCUT2D eigenvalue weighted by Crippen LogP contribution is -2.07. The van der Waals surface area contributed by atoms with Crippen LogP contribution in [0.5, 0.6) is 23.0 Å². The Morgan fingerprint density at radius 1 is 0.733 bits per heavy atom. The van der Waals surface area contributed by atoms with Crippen molar-refractivity contribution in [3.8, 4) is 23.0 Å². The fourth-order valence-electron chi connectivity index (χ4n) is 2.38. The first kappa shape index (κ1) is 20.5. The van der Waals surface area contributed by atoms with Crippen LogP contribution in [0.15, 0.2) is 82.9 Å². The van der Waals surface area contributed by atoms with E-state index in [1.807, 2.05) is 62.4 Å². The number of rotatable bonds is 4. The van der Waals surface area contributed by atoms with Crippen molar-refractivity contribution in [2.45, 2.75) is 13.8 Å². The molecule has 0 bridgehead atoms. The Balaban J connectivity index is 0.000000171. The molecule has 8 nitrogen and oxygen atoms in total. The normalized spacial score (nSPS) is 9.93. The molecular weight excluding hydrogens is 384 g/mol. The van der Waals surface area contributed by atoms with E-state index in [2.05, 4.69) is 19.9 Å². The summed E-state index contributed by atoms with van der Waals surface area (Å²) in [5.41, 5.74) is 1.38. The van der Waals surface area contributed by atoms with Crippen LogP contribution >= 0.6 is 0 Å². The molecule has 8 heteroatoms. The van der Waals surface area contributed by atoms with E-state index >= 15 is 0 Å². The van der Waals surface area contributed by atoms with Gasteiger partial charge in [-0.25, -0.2) is 9.59 Å². The molecule has 0 radical (unpaired) electrons. The molecule has 2 heterocycles. The summed E-state index contributed by atoms with van der Waals surface area (Å²) in [6.07, 6.45) is 5.76. The third kappa shape index (κ3) is 6.16. The molecule has 4 rings (SSSR count). The largest absolute Gasteiger partial charge is 0.454 e. The molecule has 152 valence electrons. The van der Waals surface area contributed by atoms with E-state index in [0.29, 0.717) is 11.5 Å². The number of benzene rings is 2. The second-order valence-electron chi connectivity index (χ2n) is 6.29. The second-order valence-corrected chi connectivity index (χ2v) is 6.29. The molecule has 0 saturated carbocycles. The first-order valence-electron chi connectivity index (χ1n) is 9.07. The molecule has 2 aromatic carbocycles. The molecule has 2 aromatic heterocycles. The number of aromatic nitrogens is 4. The molecule has 0 aliphatic heterocycles. The molecule has 0 aliphatic rings. The Kier molecular flexibility index (Phi) is 6.73. The van der Waals surface area contributed by atoms with Crippen LogP contribution in [0.25, 0.3) is 0 Å². The summed E-state index contributed by atoms with van der Waals surface area (Å²) in [4.78, 5) is 33.4. The van der Waals surface area contributed by atoms with Crippen molar-refractivity contribution in [1.82, 2.24) is 19.9 Å². The zero-order chi connectivity index (χ0) is 21.3. The number of aromatic amines is 2. The Morgan fingerprint density at radius 3 is 1.93 bits per heavy atom. The maximum Gasteiger partial charge on any atom is 0.345 e. The van der Waals surface area contributed by atoms with E-state index in [0.717, 1.165) is 22.6 Å². The molecule has 0 fully saturated rings. The molecule has 30 heavy (non-hydrogen) atoms. The number of para-hydroxylation sites is 1. The van der Waals surface area contributed by atoms with Crippen molar-refractivity contribution >= 4 is 0 Å². The van der Waals surface area contributed by atoms with Crippen LogP contribution in [0.1, 0.15) is 11.1 Å². The number of nitrogens with zero attached hydrogens (tertiary/aromatic N) is 2. The van der Waals surface area contributed by atoms with Gasteiger partial charge in [-0.2, -0.15) is 9.97 Å². The number of ether oxygens (including phenoxy) is 2. The van der Waals surface area contributed by atoms with Crippen molar-refractivity contribution < 1.29 is 9.47 Å². The first-order chi connectivity index (χ1) is 14.5. The average Bonchev–Trinajstić information content (AvgIpc) is 2.74. The monoisotopic (exact) mass is 404 g/mol. The Morgan fingerprint density at radius 2 is 1.37 bits per heavy atom. The van der Waals surface area contributed by atoms with Gasteiger partial charge < -0.3 is 19.4 Å². The summed E-state index contributed by atoms with van der Waals surface area (Å²) >= 11 is 0. The molecule has 2 N–H and O–H groups in total. The molecule has 0 atom stereocenters. The van der Waals surface area contributed by atoms with Gasteiger partial charge in [-0.1, -0.05) is 30.3 Å². The summed E-state index contributed by atoms with van der Waals surface area (Å²) < 4.78 is 11.0. The van der Waals surface area contributed by atoms with Gasteiger partial charge in [0.15, 0.2) is 11.5 Å². The summed E-state index contributed by atoms with van der Waals surface area (Å²) in [5, 5.41) is 0. The van der Waals surface area contributed by atoms with Gasteiger partial charge in [-0.3, -0.25) is 0 Å². The predicted octanol–water partition coefficient (Wildman–Crippen LogP) is 3.74. The molecule has 0 spiro atoms. The van der Waals surface area contributed by atoms with Gasteiger partial charge in [-0.15, -0.1) is 0 Å². The van der Waals surface area contributed by atoms with E-state index < -0.39 is 0 Å². The molecule has 0 unspecified atom stereocenters. The van der Waals surface area contributed by atoms with Crippen LogP contribution in [0.2, 0.25) is 0 Å². The molecular formula is C22H20N4O4. The van der Waals surface area contributed by atoms with Crippen LogP contribution in [0.4, 0.5) is 0 Å². The van der Waals surface area contributed by atoms with E-state index in [-0.39, 0.29) is 11.4 Å². The van der Waals surface area contributed by atoms with Crippen molar-refractivity contribution in [1.29, 1.82) is 0 Å². The number of H-pyrrole nitrogens is 2. The fourth-order valence-corrected chi connectivity index (χ4v) is 2.38. The summed E-state index contributed by atoms with van der Waals surface area (Å²) in [6.45, 7) is 3.94. The van der Waals surface area contributed by atoms with E-state index in [4.69, 9.17) is 9.47 Å². The first-order valence-corrected chi connectivity index (χ1v) is 9.07. The Labute approximate surface area is 172 Å². The number of aryl methyl sites for hydroxylation is 2. The van der Waals surface area contributed by atoms with Gasteiger partial charge in [-0.05, 0) is 43.2 Å². The summed E-state index contributed by atoms with van der Waals surface area (Å²) in [5.74, 6) is 2.51. The van der Waals surface area contributed by atoms with Crippen molar-refractivity contribution in [2.75, 3.05) is 0 Å². The van der Waals surface area contributed by atoms with Crippen LogP contribution in [-0.4, -0.2) is 19.9 Å². The van der Waals surface area contributed by atoms with E-state index in [9.17, 15) is 9.59 Å². The highest BCUT2D eigenvalue weighted by Crippen LogP contribution is 2.22. The standard InChI is InChI=1S/2C11H10N2O2/c1-8-3-2-4-9(5-8)15-10-6-12-11(14)13-7-10;1-8-4-2-3-5-10(8)15-9-6-12-11(14)13-7-9/h2*2-7H,1H3,(H,12,13,14). The van der Waals surface area contributed by atoms with E-state index in [1.165, 1.54) is 24.8 Å². The highest BCUT2D eigenvalue weighted by atomic mass is 16.5. The zero-order valence-electron chi connectivity index (χ0n) is 16.5. The van der Waals surface area contributed by atoms with Gasteiger partial charge in [0.2, 0.25) is 0 Å². The van der Waals surface area contributed by atoms with Crippen LogP contribution in [-0.2, 0) is 0 Å². The quantitative estimate of drug-likeness (QED) is 0.536. The lowest BCUT2D eigenvalue weighted by molar-refractivity contribution is 0.473. The third-order valence-corrected chi connectivity index (χ3v) is 3.84. The maximum atomic E-state index is 10.7. The van der Waals surface area contributed by atoms with Gasteiger partial charge >= 0.3 is 11.4 Å². The third-order valence-electron chi connectivity index (χ3n) is 3.84. The Hall–Kier alpha value is -4.20.